The van der Waals surface area contributed by atoms with Gasteiger partial charge in [0.1, 0.15) is 17.5 Å². The summed E-state index contributed by atoms with van der Waals surface area (Å²) in [6, 6.07) is 7.32. The zero-order chi connectivity index (χ0) is 17.4. The number of likely N-dealkylation sites (tertiary alicyclic amines) is 1. The van der Waals surface area contributed by atoms with Gasteiger partial charge in [0.15, 0.2) is 0 Å². The maximum absolute atomic E-state index is 14.0. The summed E-state index contributed by atoms with van der Waals surface area (Å²) in [5.41, 5.74) is 1.84. The minimum absolute atomic E-state index is 0.200. The first kappa shape index (κ1) is 16.1. The van der Waals surface area contributed by atoms with Crippen LogP contribution in [0.25, 0.3) is 10.9 Å². The largest absolute Gasteiger partial charge is 0.294 e. The molecule has 0 radical (unpaired) electrons. The number of benzene rings is 1. The summed E-state index contributed by atoms with van der Waals surface area (Å²) in [4.78, 5) is 11.3. The highest BCUT2D eigenvalue weighted by molar-refractivity contribution is 5.81. The lowest BCUT2D eigenvalue weighted by molar-refractivity contribution is 0.218. The summed E-state index contributed by atoms with van der Waals surface area (Å²) in [6.45, 7) is 6.46. The Bertz CT molecular complexity index is 904. The average molecular weight is 339 g/mol. The molecule has 5 nitrogen and oxygen atoms in total. The molecule has 4 rings (SSSR count). The minimum Gasteiger partial charge on any atom is -0.294 e. The lowest BCUT2D eigenvalue weighted by Crippen LogP contribution is -2.33. The fourth-order valence-electron chi connectivity index (χ4n) is 3.81. The van der Waals surface area contributed by atoms with Crippen molar-refractivity contribution in [2.75, 3.05) is 6.54 Å². The van der Waals surface area contributed by atoms with Crippen LogP contribution in [0, 0.1) is 19.7 Å². The van der Waals surface area contributed by atoms with Crippen LogP contribution >= 0.6 is 0 Å². The van der Waals surface area contributed by atoms with Gasteiger partial charge in [-0.1, -0.05) is 6.07 Å². The monoisotopic (exact) mass is 339 g/mol. The highest BCUT2D eigenvalue weighted by Crippen LogP contribution is 2.25. The number of hydrogen-bond donors (Lipinski definition) is 0. The van der Waals surface area contributed by atoms with Gasteiger partial charge in [-0.2, -0.15) is 5.10 Å². The molecule has 1 atom stereocenters. The SMILES string of the molecule is Cc1nc(C)n(C[C@H]2CCCN2Cc2cc(F)cc3cccnc23)n1. The minimum atomic E-state index is -0.200. The van der Waals surface area contributed by atoms with E-state index in [4.69, 9.17) is 0 Å². The van der Waals surface area contributed by atoms with Gasteiger partial charge in [0.05, 0.1) is 12.1 Å². The van der Waals surface area contributed by atoms with Crippen molar-refractivity contribution in [1.82, 2.24) is 24.6 Å². The molecule has 1 aliphatic rings. The third-order valence-corrected chi connectivity index (χ3v) is 4.97. The van der Waals surface area contributed by atoms with E-state index in [-0.39, 0.29) is 5.82 Å². The van der Waals surface area contributed by atoms with Crippen LogP contribution < -0.4 is 0 Å². The van der Waals surface area contributed by atoms with Crippen molar-refractivity contribution in [2.24, 2.45) is 0 Å². The summed E-state index contributed by atoms with van der Waals surface area (Å²) >= 11 is 0. The number of hydrogen-bond acceptors (Lipinski definition) is 4. The van der Waals surface area contributed by atoms with Crippen LogP contribution in [0.5, 0.6) is 0 Å². The van der Waals surface area contributed by atoms with Crippen LogP contribution in [0.3, 0.4) is 0 Å². The van der Waals surface area contributed by atoms with Crippen molar-refractivity contribution in [2.45, 2.75) is 45.8 Å². The van der Waals surface area contributed by atoms with Crippen LogP contribution in [0.15, 0.2) is 30.5 Å². The van der Waals surface area contributed by atoms with Gasteiger partial charge in [0.25, 0.3) is 0 Å². The zero-order valence-corrected chi connectivity index (χ0v) is 14.6. The summed E-state index contributed by atoms with van der Waals surface area (Å²) < 4.78 is 16.0. The number of aryl methyl sites for hydroxylation is 2. The van der Waals surface area contributed by atoms with Crippen molar-refractivity contribution in [1.29, 1.82) is 0 Å². The Kier molecular flexibility index (Phi) is 4.21. The lowest BCUT2D eigenvalue weighted by atomic mass is 10.1. The Morgan fingerprint density at radius 2 is 2.16 bits per heavy atom. The van der Waals surface area contributed by atoms with Crippen LogP contribution in [-0.2, 0) is 13.1 Å². The van der Waals surface area contributed by atoms with Gasteiger partial charge in [0.2, 0.25) is 0 Å². The van der Waals surface area contributed by atoms with E-state index < -0.39 is 0 Å². The van der Waals surface area contributed by atoms with Crippen LogP contribution in [-0.4, -0.2) is 37.2 Å². The normalized spacial score (nSPS) is 18.3. The van der Waals surface area contributed by atoms with Crippen LogP contribution in [0.4, 0.5) is 4.39 Å². The van der Waals surface area contributed by atoms with Crippen molar-refractivity contribution >= 4 is 10.9 Å². The topological polar surface area (TPSA) is 46.8 Å². The molecule has 3 aromatic rings. The molecule has 0 spiro atoms. The number of pyridine rings is 1. The second-order valence-corrected chi connectivity index (χ2v) is 6.79. The van der Waals surface area contributed by atoms with Crippen LogP contribution in [0.2, 0.25) is 0 Å². The molecule has 0 bridgehead atoms. The van der Waals surface area contributed by atoms with Gasteiger partial charge in [-0.25, -0.2) is 14.1 Å². The molecule has 0 N–H and O–H groups in total. The summed E-state index contributed by atoms with van der Waals surface area (Å²) in [5.74, 6) is 1.55. The van der Waals surface area contributed by atoms with E-state index in [0.29, 0.717) is 12.6 Å². The molecule has 0 saturated carbocycles. The van der Waals surface area contributed by atoms with Gasteiger partial charge < -0.3 is 0 Å². The second-order valence-electron chi connectivity index (χ2n) is 6.79. The first-order valence-electron chi connectivity index (χ1n) is 8.75. The molecule has 0 unspecified atom stereocenters. The van der Waals surface area contributed by atoms with E-state index in [1.807, 2.05) is 30.7 Å². The molecular weight excluding hydrogens is 317 g/mol. The predicted molar refractivity (Wildman–Crippen MR) is 94.6 cm³/mol. The predicted octanol–water partition coefficient (Wildman–Crippen LogP) is 3.25. The standard InChI is InChI=1S/C19H22FN5/c1-13-22-14(2)25(23-13)12-18-6-4-8-24(18)11-16-10-17(20)9-15-5-3-7-21-19(15)16/h3,5,7,9-10,18H,4,6,8,11-12H2,1-2H3/t18-/m1/s1. The molecule has 6 heteroatoms. The molecule has 1 aliphatic heterocycles. The zero-order valence-electron chi connectivity index (χ0n) is 14.6. The van der Waals surface area contributed by atoms with Gasteiger partial charge in [-0.15, -0.1) is 0 Å². The fraction of sp³-hybridized carbons (Fsp3) is 0.421. The quantitative estimate of drug-likeness (QED) is 0.732. The van der Waals surface area contributed by atoms with Crippen LogP contribution in [0.1, 0.15) is 30.1 Å². The van der Waals surface area contributed by atoms with E-state index in [1.54, 1.807) is 18.3 Å². The summed E-state index contributed by atoms with van der Waals surface area (Å²) in [7, 11) is 0. The average Bonchev–Trinajstić information content (AvgIpc) is 3.14. The van der Waals surface area contributed by atoms with E-state index >= 15 is 0 Å². The molecule has 1 aromatic carbocycles. The van der Waals surface area contributed by atoms with Crippen molar-refractivity contribution in [3.8, 4) is 0 Å². The lowest BCUT2D eigenvalue weighted by Gasteiger charge is -2.25. The Balaban J connectivity index is 1.58. The maximum Gasteiger partial charge on any atom is 0.147 e. The second kappa shape index (κ2) is 6.52. The Morgan fingerprint density at radius 3 is 2.96 bits per heavy atom. The number of rotatable bonds is 4. The summed E-state index contributed by atoms with van der Waals surface area (Å²) in [5, 5.41) is 5.34. The molecule has 25 heavy (non-hydrogen) atoms. The Morgan fingerprint density at radius 1 is 1.28 bits per heavy atom. The van der Waals surface area contributed by atoms with Gasteiger partial charge >= 0.3 is 0 Å². The van der Waals surface area contributed by atoms with E-state index in [9.17, 15) is 4.39 Å². The van der Waals surface area contributed by atoms with Crippen molar-refractivity contribution < 1.29 is 4.39 Å². The van der Waals surface area contributed by atoms with Crippen molar-refractivity contribution in [3.63, 3.8) is 0 Å². The molecule has 0 amide bonds. The molecule has 2 aromatic heterocycles. The smallest absolute Gasteiger partial charge is 0.147 e. The number of halogens is 1. The van der Waals surface area contributed by atoms with Gasteiger partial charge in [-0.3, -0.25) is 9.88 Å². The molecule has 1 saturated heterocycles. The third-order valence-electron chi connectivity index (χ3n) is 4.97. The van der Waals surface area contributed by atoms with Gasteiger partial charge in [0, 0.05) is 24.2 Å². The maximum atomic E-state index is 14.0. The molecule has 130 valence electrons. The molecular formula is C19H22FN5. The van der Waals surface area contributed by atoms with Crippen molar-refractivity contribution in [3.05, 3.63) is 53.5 Å². The highest BCUT2D eigenvalue weighted by atomic mass is 19.1. The number of nitrogens with zero attached hydrogens (tertiary/aromatic N) is 5. The third kappa shape index (κ3) is 3.26. The number of aromatic nitrogens is 4. The fourth-order valence-corrected chi connectivity index (χ4v) is 3.81. The van der Waals surface area contributed by atoms with E-state index in [2.05, 4.69) is 20.0 Å². The summed E-state index contributed by atoms with van der Waals surface area (Å²) in [6.07, 6.45) is 4.05. The molecule has 0 aliphatic carbocycles. The highest BCUT2D eigenvalue weighted by Gasteiger charge is 2.26. The first-order valence-corrected chi connectivity index (χ1v) is 8.75. The number of fused-ring (bicyclic) bond motifs is 1. The first-order chi connectivity index (χ1) is 12.1. The molecule has 3 heterocycles. The Labute approximate surface area is 146 Å². The Hall–Kier alpha value is -2.34. The van der Waals surface area contributed by atoms with Gasteiger partial charge in [-0.05, 0) is 57.0 Å². The molecule has 1 fully saturated rings. The van der Waals surface area contributed by atoms with E-state index in [0.717, 1.165) is 54.0 Å². The van der Waals surface area contributed by atoms with E-state index in [1.165, 1.54) is 0 Å².